The van der Waals surface area contributed by atoms with Crippen molar-refractivity contribution in [1.29, 1.82) is 0 Å². The number of ether oxygens (including phenoxy) is 1. The number of nitrogen functional groups attached to an aromatic ring is 1. The molecule has 0 bridgehead atoms. The van der Waals surface area contributed by atoms with Crippen LogP contribution in [0.2, 0.25) is 0 Å². The van der Waals surface area contributed by atoms with Gasteiger partial charge in [-0.1, -0.05) is 13.0 Å². The Morgan fingerprint density at radius 1 is 1.29 bits per heavy atom. The molecule has 1 atom stereocenters. The van der Waals surface area contributed by atoms with Gasteiger partial charge in [-0.3, -0.25) is 14.7 Å². The Balaban J connectivity index is 1.55. The van der Waals surface area contributed by atoms with Gasteiger partial charge in [-0.25, -0.2) is 4.98 Å². The Morgan fingerprint density at radius 2 is 2.21 bits per heavy atom. The molecule has 0 radical (unpaired) electrons. The molecule has 1 saturated heterocycles. The standard InChI is InChI=1S/C20H23N7O/c1-2-26-7-8-28-12-14(26)10-27-11-16-19(25-27)15-4-3-13(17-5-6-22-24-17)9-18(15)23-20(16)21/h3-6,9,11,14H,2,7-8,10,12H2,1H3,(H2,21,23)(H,22,24). The largest absolute Gasteiger partial charge is 0.383 e. The molecule has 1 aliphatic rings. The number of nitrogens with one attached hydrogen (secondary N) is 1. The number of rotatable bonds is 4. The molecule has 8 nitrogen and oxygen atoms in total. The van der Waals surface area contributed by atoms with Crippen LogP contribution in [0.1, 0.15) is 6.92 Å². The van der Waals surface area contributed by atoms with Gasteiger partial charge in [0.05, 0.1) is 42.4 Å². The maximum absolute atomic E-state index is 6.27. The molecule has 1 fully saturated rings. The van der Waals surface area contributed by atoms with Gasteiger partial charge in [-0.05, 0) is 24.7 Å². The van der Waals surface area contributed by atoms with E-state index in [2.05, 4.69) is 39.1 Å². The zero-order chi connectivity index (χ0) is 19.1. The van der Waals surface area contributed by atoms with Gasteiger partial charge < -0.3 is 10.5 Å². The number of pyridine rings is 1. The Bertz CT molecular complexity index is 1120. The summed E-state index contributed by atoms with van der Waals surface area (Å²) in [5, 5.41) is 13.7. The third-order valence-corrected chi connectivity index (χ3v) is 5.50. The predicted octanol–water partition coefficient (Wildman–Crippen LogP) is 2.28. The van der Waals surface area contributed by atoms with Crippen LogP contribution in [0.3, 0.4) is 0 Å². The van der Waals surface area contributed by atoms with E-state index in [9.17, 15) is 0 Å². The summed E-state index contributed by atoms with van der Waals surface area (Å²) in [6.45, 7) is 6.46. The Labute approximate surface area is 162 Å². The van der Waals surface area contributed by atoms with Crippen molar-refractivity contribution in [2.24, 2.45) is 0 Å². The zero-order valence-corrected chi connectivity index (χ0v) is 15.8. The summed E-state index contributed by atoms with van der Waals surface area (Å²) in [5.41, 5.74) is 9.96. The number of likely N-dealkylation sites (N-methyl/N-ethyl adjacent to an activating group) is 1. The fraction of sp³-hybridized carbons (Fsp3) is 0.350. The average molecular weight is 377 g/mol. The predicted molar refractivity (Wildman–Crippen MR) is 109 cm³/mol. The van der Waals surface area contributed by atoms with Gasteiger partial charge in [-0.15, -0.1) is 0 Å². The van der Waals surface area contributed by atoms with Gasteiger partial charge in [0.15, 0.2) is 0 Å². The van der Waals surface area contributed by atoms with E-state index in [1.165, 1.54) is 0 Å². The number of H-pyrrole nitrogens is 1. The van der Waals surface area contributed by atoms with Crippen LogP contribution >= 0.6 is 0 Å². The van der Waals surface area contributed by atoms with Crippen LogP contribution < -0.4 is 5.73 Å². The molecular formula is C20H23N7O. The van der Waals surface area contributed by atoms with Crippen LogP contribution in [-0.2, 0) is 11.3 Å². The molecule has 28 heavy (non-hydrogen) atoms. The third-order valence-electron chi connectivity index (χ3n) is 5.50. The van der Waals surface area contributed by atoms with Crippen molar-refractivity contribution in [3.8, 4) is 11.3 Å². The van der Waals surface area contributed by atoms with Gasteiger partial charge in [0, 0.05) is 29.9 Å². The Hall–Kier alpha value is -2.97. The Kier molecular flexibility index (Phi) is 4.22. The van der Waals surface area contributed by atoms with E-state index in [1.54, 1.807) is 6.20 Å². The fourth-order valence-electron chi connectivity index (χ4n) is 3.99. The smallest absolute Gasteiger partial charge is 0.135 e. The van der Waals surface area contributed by atoms with E-state index < -0.39 is 0 Å². The maximum Gasteiger partial charge on any atom is 0.135 e. The van der Waals surface area contributed by atoms with Crippen molar-refractivity contribution >= 4 is 27.6 Å². The second kappa shape index (κ2) is 6.88. The average Bonchev–Trinajstić information content (AvgIpc) is 3.38. The number of aromatic amines is 1. The molecule has 0 spiro atoms. The summed E-state index contributed by atoms with van der Waals surface area (Å²) in [6, 6.07) is 8.38. The van der Waals surface area contributed by atoms with Crippen molar-refractivity contribution in [3.05, 3.63) is 36.7 Å². The molecule has 1 unspecified atom stereocenters. The third kappa shape index (κ3) is 2.90. The van der Waals surface area contributed by atoms with Crippen LogP contribution in [-0.4, -0.2) is 62.2 Å². The van der Waals surface area contributed by atoms with Crippen molar-refractivity contribution in [2.75, 3.05) is 32.0 Å². The molecule has 0 saturated carbocycles. The van der Waals surface area contributed by atoms with Crippen LogP contribution in [0.15, 0.2) is 36.7 Å². The number of morpholine rings is 1. The monoisotopic (exact) mass is 377 g/mol. The first-order valence-corrected chi connectivity index (χ1v) is 9.61. The van der Waals surface area contributed by atoms with Gasteiger partial charge in [0.25, 0.3) is 0 Å². The zero-order valence-electron chi connectivity index (χ0n) is 15.8. The highest BCUT2D eigenvalue weighted by Crippen LogP contribution is 2.30. The van der Waals surface area contributed by atoms with Crippen molar-refractivity contribution < 1.29 is 4.74 Å². The first-order valence-electron chi connectivity index (χ1n) is 9.61. The SMILES string of the molecule is CCN1CCOCC1Cn1cc2c(N)nc3cc(-c4ccn[nH]4)ccc3c2n1. The van der Waals surface area contributed by atoms with Gasteiger partial charge in [0.2, 0.25) is 0 Å². The van der Waals surface area contributed by atoms with E-state index in [-0.39, 0.29) is 0 Å². The minimum absolute atomic E-state index is 0.320. The number of aromatic nitrogens is 5. The molecule has 5 rings (SSSR count). The van der Waals surface area contributed by atoms with E-state index in [0.29, 0.717) is 11.9 Å². The number of hydrogen-bond acceptors (Lipinski definition) is 6. The van der Waals surface area contributed by atoms with Crippen LogP contribution in [0.25, 0.3) is 33.1 Å². The molecule has 8 heteroatoms. The highest BCUT2D eigenvalue weighted by molar-refractivity contribution is 6.08. The maximum atomic E-state index is 6.27. The molecule has 3 N–H and O–H groups in total. The lowest BCUT2D eigenvalue weighted by Gasteiger charge is -2.34. The number of hydrogen-bond donors (Lipinski definition) is 2. The highest BCUT2D eigenvalue weighted by Gasteiger charge is 2.23. The Morgan fingerprint density at radius 3 is 3.04 bits per heavy atom. The second-order valence-electron chi connectivity index (χ2n) is 7.17. The fourth-order valence-corrected chi connectivity index (χ4v) is 3.99. The number of benzene rings is 1. The molecular weight excluding hydrogens is 354 g/mol. The summed E-state index contributed by atoms with van der Waals surface area (Å²) in [7, 11) is 0. The molecule has 4 aromatic rings. The first-order chi connectivity index (χ1) is 13.7. The number of anilines is 1. The summed E-state index contributed by atoms with van der Waals surface area (Å²) >= 11 is 0. The number of nitrogens with two attached hydrogens (primary N) is 1. The van der Waals surface area contributed by atoms with Crippen molar-refractivity contribution in [3.63, 3.8) is 0 Å². The topological polar surface area (TPSA) is 97.9 Å². The van der Waals surface area contributed by atoms with Crippen LogP contribution in [0.5, 0.6) is 0 Å². The van der Waals surface area contributed by atoms with Crippen molar-refractivity contribution in [2.45, 2.75) is 19.5 Å². The van der Waals surface area contributed by atoms with E-state index in [0.717, 1.165) is 65.9 Å². The molecule has 1 aromatic carbocycles. The molecule has 4 heterocycles. The summed E-state index contributed by atoms with van der Waals surface area (Å²) in [4.78, 5) is 7.06. The summed E-state index contributed by atoms with van der Waals surface area (Å²) in [6.07, 6.45) is 3.74. The molecule has 0 aliphatic carbocycles. The normalized spacial score (nSPS) is 18.2. The minimum atomic E-state index is 0.320. The lowest BCUT2D eigenvalue weighted by Crippen LogP contribution is -2.47. The molecule has 144 valence electrons. The number of nitrogens with zero attached hydrogens (tertiary/aromatic N) is 5. The first kappa shape index (κ1) is 17.2. The number of fused-ring (bicyclic) bond motifs is 3. The summed E-state index contributed by atoms with van der Waals surface area (Å²) < 4.78 is 7.65. The van der Waals surface area contributed by atoms with Crippen LogP contribution in [0.4, 0.5) is 5.82 Å². The minimum Gasteiger partial charge on any atom is -0.383 e. The van der Waals surface area contributed by atoms with Gasteiger partial charge >= 0.3 is 0 Å². The van der Waals surface area contributed by atoms with Gasteiger partial charge in [0.1, 0.15) is 11.3 Å². The van der Waals surface area contributed by atoms with E-state index in [4.69, 9.17) is 15.6 Å². The van der Waals surface area contributed by atoms with Crippen LogP contribution in [0, 0.1) is 0 Å². The van der Waals surface area contributed by atoms with E-state index in [1.807, 2.05) is 23.0 Å². The summed E-state index contributed by atoms with van der Waals surface area (Å²) in [5.74, 6) is 0.503. The lowest BCUT2D eigenvalue weighted by atomic mass is 10.1. The molecule has 3 aromatic heterocycles. The van der Waals surface area contributed by atoms with Crippen molar-refractivity contribution in [1.82, 2.24) is 29.9 Å². The lowest BCUT2D eigenvalue weighted by molar-refractivity contribution is -0.0119. The highest BCUT2D eigenvalue weighted by atomic mass is 16.5. The quantitative estimate of drug-likeness (QED) is 0.566. The molecule has 1 aliphatic heterocycles. The van der Waals surface area contributed by atoms with Gasteiger partial charge in [-0.2, -0.15) is 10.2 Å². The molecule has 0 amide bonds. The van der Waals surface area contributed by atoms with E-state index >= 15 is 0 Å². The second-order valence-corrected chi connectivity index (χ2v) is 7.17.